The fourth-order valence-electron chi connectivity index (χ4n) is 4.03. The molecule has 1 aliphatic heterocycles. The maximum Gasteiger partial charge on any atom is 0.260 e. The monoisotopic (exact) mass is 592 g/mol. The molecule has 4 rings (SSSR count). The van der Waals surface area contributed by atoms with Crippen LogP contribution in [0.1, 0.15) is 16.8 Å². The standard InChI is InChI=1S/C27H32N4O5S2.ClH/c1-5-12-30(13-6-2)38(33,34)21-10-8-20(9-11-21)26(32)31(15-7-14-29(3)4)27-28-22-18-23-24(19-25(22)37-27)36-17-16-35-23;/h5-6,8-11,18-19H,1-2,7,12-17H2,3-4H3;1H. The van der Waals surface area contributed by atoms with E-state index in [0.29, 0.717) is 42.0 Å². The summed E-state index contributed by atoms with van der Waals surface area (Å²) in [5.41, 5.74) is 1.10. The van der Waals surface area contributed by atoms with Crippen LogP contribution in [0.2, 0.25) is 0 Å². The van der Waals surface area contributed by atoms with Gasteiger partial charge in [-0.2, -0.15) is 4.31 Å². The van der Waals surface area contributed by atoms with Gasteiger partial charge in [-0.25, -0.2) is 13.4 Å². The van der Waals surface area contributed by atoms with E-state index in [1.807, 2.05) is 26.2 Å². The molecule has 1 aromatic heterocycles. The molecule has 0 aliphatic carbocycles. The number of amides is 1. The van der Waals surface area contributed by atoms with Gasteiger partial charge in [-0.3, -0.25) is 9.69 Å². The quantitative estimate of drug-likeness (QED) is 0.287. The van der Waals surface area contributed by atoms with Gasteiger partial charge in [0.05, 0.1) is 15.1 Å². The second-order valence-corrected chi connectivity index (χ2v) is 11.9. The number of nitrogens with zero attached hydrogens (tertiary/aromatic N) is 4. The minimum absolute atomic E-state index is 0. The van der Waals surface area contributed by atoms with Crippen molar-refractivity contribution in [3.63, 3.8) is 0 Å². The van der Waals surface area contributed by atoms with Gasteiger partial charge in [0.2, 0.25) is 10.0 Å². The third-order valence-corrected chi connectivity index (χ3v) is 8.80. The Labute approximate surface area is 239 Å². The summed E-state index contributed by atoms with van der Waals surface area (Å²) in [6, 6.07) is 9.74. The molecule has 9 nitrogen and oxygen atoms in total. The van der Waals surface area contributed by atoms with Gasteiger partial charge in [0, 0.05) is 37.3 Å². The summed E-state index contributed by atoms with van der Waals surface area (Å²) in [6.45, 7) is 9.81. The molecule has 0 saturated carbocycles. The molecule has 0 bridgehead atoms. The molecule has 2 heterocycles. The Bertz CT molecular complexity index is 1370. The molecule has 0 N–H and O–H groups in total. The molecular formula is C27H33ClN4O5S2. The number of aromatic nitrogens is 1. The fraction of sp³-hybridized carbons (Fsp3) is 0.333. The molecule has 0 fully saturated rings. The predicted molar refractivity (Wildman–Crippen MR) is 158 cm³/mol. The van der Waals surface area contributed by atoms with Gasteiger partial charge in [-0.15, -0.1) is 25.6 Å². The molecule has 0 spiro atoms. The maximum atomic E-state index is 13.7. The van der Waals surface area contributed by atoms with Crippen molar-refractivity contribution in [1.29, 1.82) is 0 Å². The van der Waals surface area contributed by atoms with E-state index in [1.54, 1.807) is 17.0 Å². The van der Waals surface area contributed by atoms with Crippen molar-refractivity contribution in [3.8, 4) is 11.5 Å². The van der Waals surface area contributed by atoms with Crippen molar-refractivity contribution in [3.05, 3.63) is 67.3 Å². The Morgan fingerprint density at radius 1 is 1.03 bits per heavy atom. The van der Waals surface area contributed by atoms with Gasteiger partial charge >= 0.3 is 0 Å². The highest BCUT2D eigenvalue weighted by atomic mass is 35.5. The first-order valence-electron chi connectivity index (χ1n) is 12.2. The number of carbonyl (C=O) groups excluding carboxylic acids is 1. The van der Waals surface area contributed by atoms with E-state index in [9.17, 15) is 13.2 Å². The minimum atomic E-state index is -3.76. The molecule has 0 radical (unpaired) electrons. The van der Waals surface area contributed by atoms with Crippen LogP contribution in [0.3, 0.4) is 0 Å². The van der Waals surface area contributed by atoms with Crippen molar-refractivity contribution in [1.82, 2.24) is 14.2 Å². The SMILES string of the molecule is C=CCN(CC=C)S(=O)(=O)c1ccc(C(=O)N(CCCN(C)C)c2nc3cc4c(cc3s2)OCCO4)cc1.Cl. The van der Waals surface area contributed by atoms with Gasteiger partial charge in [0.25, 0.3) is 5.91 Å². The van der Waals surface area contributed by atoms with Crippen molar-refractivity contribution in [2.75, 3.05) is 58.4 Å². The molecule has 0 atom stereocenters. The van der Waals surface area contributed by atoms with Crippen LogP contribution in [0, 0.1) is 0 Å². The van der Waals surface area contributed by atoms with Crippen LogP contribution >= 0.6 is 23.7 Å². The number of sulfonamides is 1. The minimum Gasteiger partial charge on any atom is -0.486 e. The molecule has 39 heavy (non-hydrogen) atoms. The summed E-state index contributed by atoms with van der Waals surface area (Å²) in [5, 5.41) is 0.561. The van der Waals surface area contributed by atoms with Crippen LogP contribution in [0.25, 0.3) is 10.2 Å². The zero-order valence-electron chi connectivity index (χ0n) is 22.0. The lowest BCUT2D eigenvalue weighted by Crippen LogP contribution is -2.33. The van der Waals surface area contributed by atoms with Gasteiger partial charge in [-0.1, -0.05) is 23.5 Å². The molecule has 1 amide bonds. The van der Waals surface area contributed by atoms with E-state index in [1.165, 1.54) is 39.9 Å². The molecule has 2 aromatic carbocycles. The zero-order chi connectivity index (χ0) is 27.3. The van der Waals surface area contributed by atoms with Crippen molar-refractivity contribution in [2.45, 2.75) is 11.3 Å². The van der Waals surface area contributed by atoms with E-state index in [0.717, 1.165) is 23.2 Å². The Kier molecular flexibility index (Phi) is 10.5. The van der Waals surface area contributed by atoms with E-state index in [4.69, 9.17) is 14.5 Å². The lowest BCUT2D eigenvalue weighted by Gasteiger charge is -2.22. The van der Waals surface area contributed by atoms with E-state index >= 15 is 0 Å². The average Bonchev–Trinajstić information content (AvgIpc) is 3.31. The fourth-order valence-corrected chi connectivity index (χ4v) is 6.41. The van der Waals surface area contributed by atoms with Gasteiger partial charge in [-0.05, 0) is 51.3 Å². The van der Waals surface area contributed by atoms with Crippen LogP contribution in [0.15, 0.2) is 66.6 Å². The van der Waals surface area contributed by atoms with Gasteiger partial charge in [0.1, 0.15) is 13.2 Å². The number of fused-ring (bicyclic) bond motifs is 2. The largest absolute Gasteiger partial charge is 0.486 e. The average molecular weight is 593 g/mol. The van der Waals surface area contributed by atoms with Crippen LogP contribution in [-0.2, 0) is 10.0 Å². The van der Waals surface area contributed by atoms with E-state index < -0.39 is 10.0 Å². The molecule has 0 unspecified atom stereocenters. The van der Waals surface area contributed by atoms with E-state index in [2.05, 4.69) is 18.1 Å². The second-order valence-electron chi connectivity index (χ2n) is 9.00. The van der Waals surface area contributed by atoms with Crippen molar-refractivity contribution >= 4 is 55.0 Å². The number of rotatable bonds is 12. The molecule has 210 valence electrons. The first-order valence-corrected chi connectivity index (χ1v) is 14.5. The number of ether oxygens (including phenoxy) is 2. The first kappa shape index (κ1) is 30.6. The molecule has 12 heteroatoms. The lowest BCUT2D eigenvalue weighted by molar-refractivity contribution is 0.0986. The Hall–Kier alpha value is -2.96. The number of halogens is 1. The second kappa shape index (κ2) is 13.4. The van der Waals surface area contributed by atoms with E-state index in [-0.39, 0.29) is 36.3 Å². The van der Waals surface area contributed by atoms with Crippen LogP contribution < -0.4 is 14.4 Å². The predicted octanol–water partition coefficient (Wildman–Crippen LogP) is 4.45. The van der Waals surface area contributed by atoms with Crippen molar-refractivity contribution in [2.24, 2.45) is 0 Å². The highest BCUT2D eigenvalue weighted by molar-refractivity contribution is 7.89. The number of carbonyl (C=O) groups is 1. The molecule has 1 aliphatic rings. The summed E-state index contributed by atoms with van der Waals surface area (Å²) in [7, 11) is 0.200. The zero-order valence-corrected chi connectivity index (χ0v) is 24.5. The van der Waals surface area contributed by atoms with Crippen LogP contribution in [-0.4, -0.2) is 82.0 Å². The summed E-state index contributed by atoms with van der Waals surface area (Å²) in [4.78, 5) is 22.2. The number of benzene rings is 2. The van der Waals surface area contributed by atoms with Crippen LogP contribution in [0.5, 0.6) is 11.5 Å². The normalized spacial score (nSPS) is 12.8. The summed E-state index contributed by atoms with van der Waals surface area (Å²) in [5.74, 6) is 1.06. The van der Waals surface area contributed by atoms with Gasteiger partial charge < -0.3 is 14.4 Å². The summed E-state index contributed by atoms with van der Waals surface area (Å²) >= 11 is 1.41. The number of anilines is 1. The number of hydrogen-bond donors (Lipinski definition) is 0. The topological polar surface area (TPSA) is 92.3 Å². The Morgan fingerprint density at radius 2 is 1.64 bits per heavy atom. The summed E-state index contributed by atoms with van der Waals surface area (Å²) < 4.78 is 39.7. The maximum absolute atomic E-state index is 13.7. The molecule has 0 saturated heterocycles. The number of thiazole rings is 1. The Balaban J connectivity index is 0.00000420. The molecular weight excluding hydrogens is 560 g/mol. The third-order valence-electron chi connectivity index (χ3n) is 5.91. The highest BCUT2D eigenvalue weighted by Crippen LogP contribution is 2.39. The van der Waals surface area contributed by atoms with Crippen molar-refractivity contribution < 1.29 is 22.7 Å². The highest BCUT2D eigenvalue weighted by Gasteiger charge is 2.25. The first-order chi connectivity index (χ1) is 18.2. The Morgan fingerprint density at radius 3 is 2.23 bits per heavy atom. The molecule has 3 aromatic rings. The van der Waals surface area contributed by atoms with Crippen LogP contribution in [0.4, 0.5) is 5.13 Å². The summed E-state index contributed by atoms with van der Waals surface area (Å²) in [6.07, 6.45) is 3.79. The van der Waals surface area contributed by atoms with Gasteiger partial charge in [0.15, 0.2) is 16.6 Å². The smallest absolute Gasteiger partial charge is 0.260 e. The lowest BCUT2D eigenvalue weighted by atomic mass is 10.2. The number of hydrogen-bond acceptors (Lipinski definition) is 8. The third kappa shape index (κ3) is 6.98.